The van der Waals surface area contributed by atoms with Gasteiger partial charge in [-0.15, -0.1) is 0 Å². The van der Waals surface area contributed by atoms with Crippen LogP contribution in [-0.4, -0.2) is 32.7 Å². The van der Waals surface area contributed by atoms with Crippen LogP contribution in [0.4, 0.5) is 11.5 Å². The molecule has 10 heteroatoms. The zero-order valence-electron chi connectivity index (χ0n) is 16.4. The highest BCUT2D eigenvalue weighted by atomic mass is 32.2. The first-order valence-corrected chi connectivity index (χ1v) is 10.6. The average Bonchev–Trinajstić information content (AvgIpc) is 3.12. The molecule has 3 aromatic rings. The fraction of sp³-hybridized carbons (Fsp3) is 0.200. The second-order valence-corrected chi connectivity index (χ2v) is 7.88. The summed E-state index contributed by atoms with van der Waals surface area (Å²) in [4.78, 5) is 12.1. The summed E-state index contributed by atoms with van der Waals surface area (Å²) in [5, 5.41) is 6.24. The van der Waals surface area contributed by atoms with Crippen LogP contribution in [0.2, 0.25) is 0 Å². The van der Waals surface area contributed by atoms with E-state index in [1.807, 2.05) is 6.92 Å². The molecule has 158 valence electrons. The van der Waals surface area contributed by atoms with Crippen LogP contribution in [0.15, 0.2) is 64.0 Å². The Labute approximate surface area is 174 Å². The van der Waals surface area contributed by atoms with Crippen molar-refractivity contribution in [2.75, 3.05) is 23.3 Å². The maximum atomic E-state index is 12.4. The summed E-state index contributed by atoms with van der Waals surface area (Å²) < 4.78 is 42.6. The molecule has 0 aliphatic rings. The Hall–Kier alpha value is -3.53. The molecule has 0 spiro atoms. The summed E-state index contributed by atoms with van der Waals surface area (Å²) in [7, 11) is -3.82. The van der Waals surface area contributed by atoms with Crippen LogP contribution in [-0.2, 0) is 14.8 Å². The van der Waals surface area contributed by atoms with E-state index >= 15 is 0 Å². The van der Waals surface area contributed by atoms with Gasteiger partial charge in [0.1, 0.15) is 17.3 Å². The normalized spacial score (nSPS) is 11.0. The third kappa shape index (κ3) is 5.74. The Morgan fingerprint density at radius 2 is 1.67 bits per heavy atom. The van der Waals surface area contributed by atoms with Crippen LogP contribution in [0.3, 0.4) is 0 Å². The Bertz CT molecular complexity index is 1090. The molecule has 0 bridgehead atoms. The van der Waals surface area contributed by atoms with E-state index in [9.17, 15) is 13.2 Å². The van der Waals surface area contributed by atoms with Crippen molar-refractivity contribution < 1.29 is 27.2 Å². The topological polar surface area (TPSA) is 120 Å². The number of carbonyl (C=O) groups excluding carboxylic acids is 1. The van der Waals surface area contributed by atoms with Crippen molar-refractivity contribution in [3.05, 3.63) is 60.4 Å². The number of anilines is 2. The minimum atomic E-state index is -3.82. The standard InChI is InChI=1S/C20H21N3O6S/c1-3-27-16-6-8-17(9-7-16)28-13-20(24)21-15-4-10-18(11-5-15)30(25,26)23-19-12-14(2)29-22-19/h4-12H,3,13H2,1-2H3,(H,21,24)(H,22,23). The van der Waals surface area contributed by atoms with E-state index in [1.165, 1.54) is 30.3 Å². The predicted molar refractivity (Wildman–Crippen MR) is 110 cm³/mol. The molecule has 1 aromatic heterocycles. The monoisotopic (exact) mass is 431 g/mol. The molecule has 0 fully saturated rings. The highest BCUT2D eigenvalue weighted by Crippen LogP contribution is 2.19. The Morgan fingerprint density at radius 1 is 1.03 bits per heavy atom. The molecule has 0 atom stereocenters. The largest absolute Gasteiger partial charge is 0.494 e. The molecule has 0 unspecified atom stereocenters. The summed E-state index contributed by atoms with van der Waals surface area (Å²) in [6.07, 6.45) is 0. The van der Waals surface area contributed by atoms with Crippen molar-refractivity contribution in [2.45, 2.75) is 18.7 Å². The van der Waals surface area contributed by atoms with Gasteiger partial charge in [-0.1, -0.05) is 5.16 Å². The van der Waals surface area contributed by atoms with E-state index in [0.717, 1.165) is 5.75 Å². The van der Waals surface area contributed by atoms with Crippen LogP contribution in [0.1, 0.15) is 12.7 Å². The van der Waals surface area contributed by atoms with Gasteiger partial charge in [0.05, 0.1) is 11.5 Å². The lowest BCUT2D eigenvalue weighted by Crippen LogP contribution is -2.20. The van der Waals surface area contributed by atoms with Gasteiger partial charge in [-0.2, -0.15) is 0 Å². The second-order valence-electron chi connectivity index (χ2n) is 6.19. The van der Waals surface area contributed by atoms with E-state index in [2.05, 4.69) is 15.2 Å². The van der Waals surface area contributed by atoms with Crippen molar-refractivity contribution in [2.24, 2.45) is 0 Å². The minimum Gasteiger partial charge on any atom is -0.494 e. The number of amides is 1. The molecular weight excluding hydrogens is 410 g/mol. The number of aryl methyl sites for hydroxylation is 1. The molecular formula is C20H21N3O6S. The quantitative estimate of drug-likeness (QED) is 0.534. The highest BCUT2D eigenvalue weighted by molar-refractivity contribution is 7.92. The number of nitrogens with one attached hydrogen (secondary N) is 2. The van der Waals surface area contributed by atoms with Crippen LogP contribution < -0.4 is 19.5 Å². The molecule has 30 heavy (non-hydrogen) atoms. The maximum Gasteiger partial charge on any atom is 0.263 e. The van der Waals surface area contributed by atoms with Gasteiger partial charge in [0.2, 0.25) is 0 Å². The smallest absolute Gasteiger partial charge is 0.263 e. The SMILES string of the molecule is CCOc1ccc(OCC(=O)Nc2ccc(S(=O)(=O)Nc3cc(C)on3)cc2)cc1. The summed E-state index contributed by atoms with van der Waals surface area (Å²) in [5.74, 6) is 1.45. The minimum absolute atomic E-state index is 0.0202. The number of carbonyl (C=O) groups is 1. The molecule has 9 nitrogen and oxygen atoms in total. The zero-order chi connectivity index (χ0) is 21.6. The van der Waals surface area contributed by atoms with Crippen LogP contribution in [0.5, 0.6) is 11.5 Å². The number of aromatic nitrogens is 1. The number of benzene rings is 2. The van der Waals surface area contributed by atoms with Gasteiger partial charge in [0.15, 0.2) is 12.4 Å². The summed E-state index contributed by atoms with van der Waals surface area (Å²) in [6, 6.07) is 14.1. The first-order chi connectivity index (χ1) is 14.4. The molecule has 2 aromatic carbocycles. The number of sulfonamides is 1. The summed E-state index contributed by atoms with van der Waals surface area (Å²) >= 11 is 0. The van der Waals surface area contributed by atoms with Gasteiger partial charge >= 0.3 is 0 Å². The van der Waals surface area contributed by atoms with Crippen molar-refractivity contribution in [3.63, 3.8) is 0 Å². The Balaban J connectivity index is 1.53. The van der Waals surface area contributed by atoms with Gasteiger partial charge in [0.25, 0.3) is 15.9 Å². The highest BCUT2D eigenvalue weighted by Gasteiger charge is 2.16. The molecule has 1 heterocycles. The predicted octanol–water partition coefficient (Wildman–Crippen LogP) is 3.20. The van der Waals surface area contributed by atoms with Gasteiger partial charge in [-0.25, -0.2) is 8.42 Å². The number of ether oxygens (including phenoxy) is 2. The Kier molecular flexibility index (Phi) is 6.58. The first kappa shape index (κ1) is 21.2. The van der Waals surface area contributed by atoms with Gasteiger partial charge in [-0.05, 0) is 62.4 Å². The third-order valence-electron chi connectivity index (χ3n) is 3.82. The lowest BCUT2D eigenvalue weighted by Gasteiger charge is -2.09. The zero-order valence-corrected chi connectivity index (χ0v) is 17.2. The molecule has 0 radical (unpaired) electrons. The van der Waals surface area contributed by atoms with Crippen molar-refractivity contribution >= 4 is 27.4 Å². The van der Waals surface area contributed by atoms with Gasteiger partial charge in [0, 0.05) is 11.8 Å². The van der Waals surface area contributed by atoms with E-state index in [-0.39, 0.29) is 23.2 Å². The molecule has 0 aliphatic heterocycles. The van der Waals surface area contributed by atoms with E-state index < -0.39 is 10.0 Å². The molecule has 0 aliphatic carbocycles. The van der Waals surface area contributed by atoms with E-state index in [0.29, 0.717) is 23.8 Å². The first-order valence-electron chi connectivity index (χ1n) is 9.07. The molecule has 0 saturated carbocycles. The Morgan fingerprint density at radius 3 is 2.23 bits per heavy atom. The molecule has 1 amide bonds. The van der Waals surface area contributed by atoms with Crippen LogP contribution in [0.25, 0.3) is 0 Å². The van der Waals surface area contributed by atoms with Crippen molar-refractivity contribution in [1.82, 2.24) is 5.16 Å². The number of hydrogen-bond acceptors (Lipinski definition) is 7. The fourth-order valence-electron chi connectivity index (χ4n) is 2.47. The molecule has 3 rings (SSSR count). The fourth-order valence-corrected chi connectivity index (χ4v) is 3.46. The van der Waals surface area contributed by atoms with Gasteiger partial charge < -0.3 is 19.3 Å². The summed E-state index contributed by atoms with van der Waals surface area (Å²) in [6.45, 7) is 3.92. The van der Waals surface area contributed by atoms with Crippen LogP contribution in [0, 0.1) is 6.92 Å². The number of nitrogens with zero attached hydrogens (tertiary/aromatic N) is 1. The van der Waals surface area contributed by atoms with E-state index in [1.54, 1.807) is 31.2 Å². The molecule has 0 saturated heterocycles. The third-order valence-corrected chi connectivity index (χ3v) is 5.19. The number of rotatable bonds is 9. The van der Waals surface area contributed by atoms with Gasteiger partial charge in [-0.3, -0.25) is 9.52 Å². The van der Waals surface area contributed by atoms with E-state index in [4.69, 9.17) is 14.0 Å². The summed E-state index contributed by atoms with van der Waals surface area (Å²) in [5.41, 5.74) is 0.437. The lowest BCUT2D eigenvalue weighted by molar-refractivity contribution is -0.118. The maximum absolute atomic E-state index is 12.4. The van der Waals surface area contributed by atoms with Crippen molar-refractivity contribution in [3.8, 4) is 11.5 Å². The average molecular weight is 431 g/mol. The second kappa shape index (κ2) is 9.31. The van der Waals surface area contributed by atoms with Crippen molar-refractivity contribution in [1.29, 1.82) is 0 Å². The number of hydrogen-bond donors (Lipinski definition) is 2. The van der Waals surface area contributed by atoms with Crippen LogP contribution >= 0.6 is 0 Å². The molecule has 2 N–H and O–H groups in total. The lowest BCUT2D eigenvalue weighted by atomic mass is 10.3.